The van der Waals surface area contributed by atoms with Crippen LogP contribution in [0.4, 0.5) is 4.79 Å². The second kappa shape index (κ2) is 8.10. The van der Waals surface area contributed by atoms with Gasteiger partial charge in [-0.3, -0.25) is 4.21 Å². The number of rotatable bonds is 6. The Labute approximate surface area is 137 Å². The maximum absolute atomic E-state index is 12.0. The Kier molecular flexibility index (Phi) is 6.15. The molecule has 0 radical (unpaired) electrons. The Bertz CT molecular complexity index is 624. The summed E-state index contributed by atoms with van der Waals surface area (Å²) < 4.78 is 11.3. The van der Waals surface area contributed by atoms with Crippen molar-refractivity contribution in [2.75, 3.05) is 6.26 Å². The summed E-state index contributed by atoms with van der Waals surface area (Å²) in [6, 6.07) is 11.3. The van der Waals surface area contributed by atoms with Crippen molar-refractivity contribution in [2.24, 2.45) is 0 Å². The largest absolute Gasteiger partial charge is 0.334 e. The van der Waals surface area contributed by atoms with Crippen LogP contribution in [-0.2, 0) is 17.3 Å². The first-order valence-corrected chi connectivity index (χ1v) is 9.54. The second-order valence-electron chi connectivity index (χ2n) is 4.90. The molecule has 2 atom stereocenters. The Balaban J connectivity index is 1.85. The minimum atomic E-state index is -0.975. The maximum Gasteiger partial charge on any atom is 0.315 e. The summed E-state index contributed by atoms with van der Waals surface area (Å²) in [5.74, 6) is 0. The van der Waals surface area contributed by atoms with Crippen LogP contribution in [0.2, 0.25) is 0 Å². The van der Waals surface area contributed by atoms with E-state index >= 15 is 0 Å². The molecule has 2 aromatic rings. The SMILES string of the molecule is CC[C@H](NC(=O)NCc1ccc([S@](C)=O)cc1)c1cccs1. The lowest BCUT2D eigenvalue weighted by molar-refractivity contribution is 0.236. The van der Waals surface area contributed by atoms with Gasteiger partial charge in [-0.2, -0.15) is 0 Å². The van der Waals surface area contributed by atoms with Crippen LogP contribution in [0.25, 0.3) is 0 Å². The van der Waals surface area contributed by atoms with Crippen molar-refractivity contribution in [1.29, 1.82) is 0 Å². The molecule has 0 spiro atoms. The smallest absolute Gasteiger partial charge is 0.315 e. The highest BCUT2D eigenvalue weighted by Gasteiger charge is 2.13. The van der Waals surface area contributed by atoms with Gasteiger partial charge in [0, 0.05) is 33.4 Å². The Morgan fingerprint density at radius 2 is 2.00 bits per heavy atom. The maximum atomic E-state index is 12.0. The molecule has 4 nitrogen and oxygen atoms in total. The van der Waals surface area contributed by atoms with Gasteiger partial charge in [0.1, 0.15) is 0 Å². The minimum Gasteiger partial charge on any atom is -0.334 e. The van der Waals surface area contributed by atoms with Crippen molar-refractivity contribution in [3.05, 3.63) is 52.2 Å². The minimum absolute atomic E-state index is 0.0462. The lowest BCUT2D eigenvalue weighted by Gasteiger charge is -2.16. The Hall–Kier alpha value is -1.66. The van der Waals surface area contributed by atoms with E-state index in [1.54, 1.807) is 17.6 Å². The summed E-state index contributed by atoms with van der Waals surface area (Å²) in [7, 11) is -0.975. The van der Waals surface area contributed by atoms with E-state index in [1.807, 2.05) is 48.7 Å². The van der Waals surface area contributed by atoms with Gasteiger partial charge in [0.05, 0.1) is 6.04 Å². The molecule has 1 aromatic heterocycles. The molecular weight excluding hydrogens is 316 g/mol. The zero-order chi connectivity index (χ0) is 15.9. The van der Waals surface area contributed by atoms with E-state index in [1.165, 1.54) is 0 Å². The van der Waals surface area contributed by atoms with E-state index in [0.29, 0.717) is 6.54 Å². The Morgan fingerprint density at radius 3 is 2.55 bits per heavy atom. The average molecular weight is 336 g/mol. The van der Waals surface area contributed by atoms with Gasteiger partial charge in [-0.1, -0.05) is 25.1 Å². The molecule has 22 heavy (non-hydrogen) atoms. The topological polar surface area (TPSA) is 58.2 Å². The predicted octanol–water partition coefficient (Wildman–Crippen LogP) is 3.44. The predicted molar refractivity (Wildman–Crippen MR) is 91.5 cm³/mol. The first-order valence-electron chi connectivity index (χ1n) is 7.10. The zero-order valence-electron chi connectivity index (χ0n) is 12.7. The van der Waals surface area contributed by atoms with Crippen LogP contribution >= 0.6 is 11.3 Å². The van der Waals surface area contributed by atoms with Crippen molar-refractivity contribution in [3.63, 3.8) is 0 Å². The number of benzene rings is 1. The summed E-state index contributed by atoms with van der Waals surface area (Å²) in [5, 5.41) is 7.84. The van der Waals surface area contributed by atoms with Gasteiger partial charge in [0.25, 0.3) is 0 Å². The van der Waals surface area contributed by atoms with E-state index in [-0.39, 0.29) is 12.1 Å². The van der Waals surface area contributed by atoms with E-state index in [2.05, 4.69) is 10.6 Å². The number of carbonyl (C=O) groups is 1. The lowest BCUT2D eigenvalue weighted by Crippen LogP contribution is -2.37. The molecule has 118 valence electrons. The van der Waals surface area contributed by atoms with Gasteiger partial charge < -0.3 is 10.6 Å². The number of thiophene rings is 1. The van der Waals surface area contributed by atoms with Crippen molar-refractivity contribution < 1.29 is 9.00 Å². The summed E-state index contributed by atoms with van der Waals surface area (Å²) in [4.78, 5) is 13.9. The normalized spacial score (nSPS) is 13.4. The van der Waals surface area contributed by atoms with Gasteiger partial charge in [0.15, 0.2) is 0 Å². The molecule has 2 rings (SSSR count). The quantitative estimate of drug-likeness (QED) is 0.849. The summed E-state index contributed by atoms with van der Waals surface area (Å²) >= 11 is 1.65. The number of carbonyl (C=O) groups excluding carboxylic acids is 1. The van der Waals surface area contributed by atoms with Crippen LogP contribution in [0.15, 0.2) is 46.7 Å². The van der Waals surface area contributed by atoms with Crippen molar-refractivity contribution in [3.8, 4) is 0 Å². The first kappa shape index (κ1) is 16.7. The highest BCUT2D eigenvalue weighted by molar-refractivity contribution is 7.84. The molecule has 2 amide bonds. The van der Waals surface area contributed by atoms with Crippen molar-refractivity contribution >= 4 is 28.2 Å². The Morgan fingerprint density at radius 1 is 1.27 bits per heavy atom. The second-order valence-corrected chi connectivity index (χ2v) is 7.26. The van der Waals surface area contributed by atoms with Gasteiger partial charge in [-0.15, -0.1) is 11.3 Å². The molecule has 0 fully saturated rings. The standard InChI is InChI=1S/C16H20N2O2S2/c1-3-14(15-5-4-10-21-15)18-16(19)17-11-12-6-8-13(9-7-12)22(2)20/h4-10,14H,3,11H2,1-2H3,(H2,17,18,19)/t14-,22-/m0/s1. The molecule has 0 aliphatic rings. The fourth-order valence-corrected chi connectivity index (χ4v) is 3.44. The summed E-state index contributed by atoms with van der Waals surface area (Å²) in [5.41, 5.74) is 0.980. The van der Waals surface area contributed by atoms with Gasteiger partial charge in [-0.05, 0) is 35.6 Å². The molecule has 1 heterocycles. The molecule has 0 saturated heterocycles. The van der Waals surface area contributed by atoms with Crippen LogP contribution in [0.3, 0.4) is 0 Å². The van der Waals surface area contributed by atoms with E-state index in [0.717, 1.165) is 21.8 Å². The average Bonchev–Trinajstić information content (AvgIpc) is 3.05. The van der Waals surface area contributed by atoms with Gasteiger partial charge >= 0.3 is 6.03 Å². The molecule has 1 aromatic carbocycles. The molecular formula is C16H20N2O2S2. The van der Waals surface area contributed by atoms with Crippen LogP contribution in [0.1, 0.15) is 29.8 Å². The van der Waals surface area contributed by atoms with E-state index in [4.69, 9.17) is 0 Å². The molecule has 2 N–H and O–H groups in total. The van der Waals surface area contributed by atoms with Crippen LogP contribution in [0.5, 0.6) is 0 Å². The summed E-state index contributed by atoms with van der Waals surface area (Å²) in [6.45, 7) is 2.50. The van der Waals surface area contributed by atoms with Gasteiger partial charge in [0.2, 0.25) is 0 Å². The fourth-order valence-electron chi connectivity index (χ4n) is 2.05. The first-order chi connectivity index (χ1) is 10.6. The number of hydrogen-bond acceptors (Lipinski definition) is 3. The number of nitrogens with one attached hydrogen (secondary N) is 2. The molecule has 0 unspecified atom stereocenters. The number of amides is 2. The molecule has 6 heteroatoms. The van der Waals surface area contributed by atoms with Crippen LogP contribution < -0.4 is 10.6 Å². The van der Waals surface area contributed by atoms with E-state index in [9.17, 15) is 9.00 Å². The number of urea groups is 1. The highest BCUT2D eigenvalue weighted by Crippen LogP contribution is 2.21. The van der Waals surface area contributed by atoms with E-state index < -0.39 is 10.8 Å². The monoisotopic (exact) mass is 336 g/mol. The zero-order valence-corrected chi connectivity index (χ0v) is 14.3. The fraction of sp³-hybridized carbons (Fsp3) is 0.312. The van der Waals surface area contributed by atoms with Crippen molar-refractivity contribution in [2.45, 2.75) is 30.8 Å². The highest BCUT2D eigenvalue weighted by atomic mass is 32.2. The summed E-state index contributed by atoms with van der Waals surface area (Å²) in [6.07, 6.45) is 2.50. The third-order valence-electron chi connectivity index (χ3n) is 3.31. The third kappa shape index (κ3) is 4.68. The van der Waals surface area contributed by atoms with Gasteiger partial charge in [-0.25, -0.2) is 4.79 Å². The molecule has 0 aliphatic heterocycles. The lowest BCUT2D eigenvalue weighted by atomic mass is 10.2. The third-order valence-corrected chi connectivity index (χ3v) is 5.23. The van der Waals surface area contributed by atoms with Crippen LogP contribution in [-0.4, -0.2) is 16.5 Å². The van der Waals surface area contributed by atoms with Crippen molar-refractivity contribution in [1.82, 2.24) is 10.6 Å². The molecule has 0 aliphatic carbocycles. The van der Waals surface area contributed by atoms with Crippen LogP contribution in [0, 0.1) is 0 Å². The molecule has 0 bridgehead atoms. The molecule has 0 saturated carbocycles. The number of hydrogen-bond donors (Lipinski definition) is 2.